The number of carbonyl (C=O) groups is 2. The predicted molar refractivity (Wildman–Crippen MR) is 94.7 cm³/mol. The van der Waals surface area contributed by atoms with Crippen molar-refractivity contribution in [2.75, 3.05) is 0 Å². The number of hydrogen-bond acceptors (Lipinski definition) is 4. The van der Waals surface area contributed by atoms with Crippen molar-refractivity contribution in [3.8, 4) is 0 Å². The monoisotopic (exact) mass is 354 g/mol. The van der Waals surface area contributed by atoms with Crippen molar-refractivity contribution in [2.45, 2.75) is 59.7 Å². The third kappa shape index (κ3) is 7.82. The highest BCUT2D eigenvalue weighted by Crippen LogP contribution is 2.22. The highest BCUT2D eigenvalue weighted by atomic mass is 35.5. The Morgan fingerprint density at radius 1 is 1.17 bits per heavy atom. The van der Waals surface area contributed by atoms with E-state index in [1.807, 2.05) is 26.0 Å². The number of esters is 2. The number of benzene rings is 1. The van der Waals surface area contributed by atoms with Gasteiger partial charge in [-0.3, -0.25) is 9.59 Å². The Morgan fingerprint density at radius 2 is 1.79 bits per heavy atom. The van der Waals surface area contributed by atoms with Crippen molar-refractivity contribution >= 4 is 23.5 Å². The number of ether oxygens (including phenoxy) is 2. The van der Waals surface area contributed by atoms with Gasteiger partial charge in [0.2, 0.25) is 0 Å². The first-order valence-electron chi connectivity index (χ1n) is 8.20. The molecule has 0 bridgehead atoms. The van der Waals surface area contributed by atoms with Gasteiger partial charge in [0.25, 0.3) is 0 Å². The van der Waals surface area contributed by atoms with Gasteiger partial charge in [0.05, 0.1) is 12.3 Å². The van der Waals surface area contributed by atoms with Gasteiger partial charge in [-0.05, 0) is 39.2 Å². The first-order valence-corrected chi connectivity index (χ1v) is 8.58. The van der Waals surface area contributed by atoms with Gasteiger partial charge >= 0.3 is 11.9 Å². The standard InChI is InChI=1S/C19H27ClO4/c1-13(2)10-15(11-17(21)24-19(3,4)5)18(22)23-12-14-8-6-7-9-16(14)20/h6-9,13,15H,10-12H2,1-5H3/t15-/m1/s1. The smallest absolute Gasteiger partial charge is 0.309 e. The summed E-state index contributed by atoms with van der Waals surface area (Å²) in [7, 11) is 0. The SMILES string of the molecule is CC(C)C[C@H](CC(=O)OC(C)(C)C)C(=O)OCc1ccccc1Cl. The van der Waals surface area contributed by atoms with Crippen LogP contribution in [-0.4, -0.2) is 17.5 Å². The fourth-order valence-corrected chi connectivity index (χ4v) is 2.49. The molecular formula is C19H27ClO4. The van der Waals surface area contributed by atoms with Gasteiger partial charge in [-0.1, -0.05) is 43.6 Å². The van der Waals surface area contributed by atoms with Crippen LogP contribution in [0.1, 0.15) is 53.0 Å². The molecule has 1 aromatic rings. The summed E-state index contributed by atoms with van der Waals surface area (Å²) in [6.45, 7) is 9.52. The van der Waals surface area contributed by atoms with Crippen LogP contribution in [0, 0.1) is 11.8 Å². The highest BCUT2D eigenvalue weighted by Gasteiger charge is 2.27. The van der Waals surface area contributed by atoms with E-state index >= 15 is 0 Å². The van der Waals surface area contributed by atoms with Crippen LogP contribution in [-0.2, 0) is 25.7 Å². The summed E-state index contributed by atoms with van der Waals surface area (Å²) in [6.07, 6.45) is 0.595. The Hall–Kier alpha value is -1.55. The second-order valence-electron chi connectivity index (χ2n) is 7.32. The van der Waals surface area contributed by atoms with E-state index < -0.39 is 17.5 Å². The Bertz CT molecular complexity index is 561. The lowest BCUT2D eigenvalue weighted by Crippen LogP contribution is -2.28. The van der Waals surface area contributed by atoms with Gasteiger partial charge in [-0.2, -0.15) is 0 Å². The molecular weight excluding hydrogens is 328 g/mol. The maximum absolute atomic E-state index is 12.4. The Labute approximate surface area is 149 Å². The molecule has 0 aliphatic rings. The largest absolute Gasteiger partial charge is 0.461 e. The lowest BCUT2D eigenvalue weighted by atomic mass is 9.94. The lowest BCUT2D eigenvalue weighted by molar-refractivity contribution is -0.162. The van der Waals surface area contributed by atoms with E-state index in [0.717, 1.165) is 5.56 Å². The van der Waals surface area contributed by atoms with Gasteiger partial charge in [0.1, 0.15) is 12.2 Å². The summed E-state index contributed by atoms with van der Waals surface area (Å²) in [5.41, 5.74) is 0.175. The molecule has 0 unspecified atom stereocenters. The molecule has 1 rings (SSSR count). The molecule has 0 saturated heterocycles. The molecule has 134 valence electrons. The van der Waals surface area contributed by atoms with Gasteiger partial charge in [-0.15, -0.1) is 0 Å². The van der Waals surface area contributed by atoms with Crippen molar-refractivity contribution in [1.29, 1.82) is 0 Å². The fraction of sp³-hybridized carbons (Fsp3) is 0.579. The maximum Gasteiger partial charge on any atom is 0.309 e. The van der Waals surface area contributed by atoms with Crippen LogP contribution in [0.25, 0.3) is 0 Å². The van der Waals surface area contributed by atoms with Crippen LogP contribution >= 0.6 is 11.6 Å². The molecule has 0 aliphatic carbocycles. The molecule has 0 heterocycles. The molecule has 1 atom stereocenters. The summed E-state index contributed by atoms with van der Waals surface area (Å²) >= 11 is 6.06. The first-order chi connectivity index (χ1) is 11.1. The van der Waals surface area contributed by atoms with Gasteiger partial charge in [0.15, 0.2) is 0 Å². The molecule has 4 nitrogen and oxygen atoms in total. The molecule has 0 amide bonds. The minimum atomic E-state index is -0.569. The maximum atomic E-state index is 12.4. The topological polar surface area (TPSA) is 52.6 Å². The second kappa shape index (κ2) is 9.07. The normalized spacial score (nSPS) is 12.8. The van der Waals surface area contributed by atoms with E-state index in [4.69, 9.17) is 21.1 Å². The Kier molecular flexibility index (Phi) is 7.74. The summed E-state index contributed by atoms with van der Waals surface area (Å²) in [6, 6.07) is 7.21. The minimum absolute atomic E-state index is 0.0246. The average molecular weight is 355 g/mol. The average Bonchev–Trinajstić information content (AvgIpc) is 2.43. The summed E-state index contributed by atoms with van der Waals surface area (Å²) in [5, 5.41) is 0.554. The van der Waals surface area contributed by atoms with E-state index in [9.17, 15) is 9.59 Å². The van der Waals surface area contributed by atoms with Gasteiger partial charge in [0, 0.05) is 10.6 Å². The zero-order valence-electron chi connectivity index (χ0n) is 15.1. The summed E-state index contributed by atoms with van der Waals surface area (Å²) < 4.78 is 10.7. The molecule has 0 radical (unpaired) electrons. The van der Waals surface area contributed by atoms with Crippen molar-refractivity contribution in [2.24, 2.45) is 11.8 Å². The first kappa shape index (κ1) is 20.5. The molecule has 0 N–H and O–H groups in total. The van der Waals surface area contributed by atoms with Crippen molar-refractivity contribution in [3.05, 3.63) is 34.9 Å². The summed E-state index contributed by atoms with van der Waals surface area (Å²) in [4.78, 5) is 24.4. The third-order valence-corrected chi connectivity index (χ3v) is 3.62. The molecule has 0 aliphatic heterocycles. The van der Waals surface area contributed by atoms with E-state index in [1.54, 1.807) is 32.9 Å². The van der Waals surface area contributed by atoms with Crippen LogP contribution in [0.15, 0.2) is 24.3 Å². The van der Waals surface area contributed by atoms with E-state index in [1.165, 1.54) is 0 Å². The van der Waals surface area contributed by atoms with Crippen molar-refractivity contribution in [3.63, 3.8) is 0 Å². The van der Waals surface area contributed by atoms with Crippen LogP contribution in [0.4, 0.5) is 0 Å². The van der Waals surface area contributed by atoms with E-state index in [2.05, 4.69) is 0 Å². The number of halogens is 1. The van der Waals surface area contributed by atoms with Crippen LogP contribution < -0.4 is 0 Å². The molecule has 0 saturated carbocycles. The van der Waals surface area contributed by atoms with Crippen LogP contribution in [0.5, 0.6) is 0 Å². The zero-order valence-corrected chi connectivity index (χ0v) is 15.9. The molecule has 0 fully saturated rings. The number of hydrogen-bond donors (Lipinski definition) is 0. The van der Waals surface area contributed by atoms with Crippen LogP contribution in [0.3, 0.4) is 0 Å². The molecule has 0 spiro atoms. The quantitative estimate of drug-likeness (QED) is 0.661. The Balaban J connectivity index is 2.67. The minimum Gasteiger partial charge on any atom is -0.461 e. The van der Waals surface area contributed by atoms with Gasteiger partial charge in [-0.25, -0.2) is 0 Å². The Morgan fingerprint density at radius 3 is 2.33 bits per heavy atom. The van der Waals surface area contributed by atoms with Crippen molar-refractivity contribution < 1.29 is 19.1 Å². The van der Waals surface area contributed by atoms with E-state index in [-0.39, 0.29) is 24.9 Å². The fourth-order valence-electron chi connectivity index (χ4n) is 2.30. The molecule has 5 heteroatoms. The third-order valence-electron chi connectivity index (χ3n) is 3.25. The predicted octanol–water partition coefficient (Wildman–Crippen LogP) is 4.78. The van der Waals surface area contributed by atoms with Gasteiger partial charge < -0.3 is 9.47 Å². The second-order valence-corrected chi connectivity index (χ2v) is 7.72. The van der Waals surface area contributed by atoms with E-state index in [0.29, 0.717) is 11.4 Å². The molecule has 24 heavy (non-hydrogen) atoms. The number of rotatable bonds is 7. The molecule has 0 aromatic heterocycles. The highest BCUT2D eigenvalue weighted by molar-refractivity contribution is 6.31. The van der Waals surface area contributed by atoms with Crippen LogP contribution in [0.2, 0.25) is 5.02 Å². The lowest BCUT2D eigenvalue weighted by Gasteiger charge is -2.22. The number of carbonyl (C=O) groups excluding carboxylic acids is 2. The zero-order chi connectivity index (χ0) is 18.3. The van der Waals surface area contributed by atoms with Crippen molar-refractivity contribution in [1.82, 2.24) is 0 Å². The summed E-state index contributed by atoms with van der Waals surface area (Å²) in [5.74, 6) is -1.02. The molecule has 1 aromatic carbocycles.